The molecule has 1 N–H and O–H groups in total. The second-order valence-corrected chi connectivity index (χ2v) is 7.44. The first-order valence-electron chi connectivity index (χ1n) is 7.33. The Balaban J connectivity index is 2.33. The number of fused-ring (bicyclic) bond motifs is 1. The number of amides is 1. The van der Waals surface area contributed by atoms with Crippen LogP contribution >= 0.6 is 0 Å². The zero-order valence-electron chi connectivity index (χ0n) is 12.5. The number of hydrogen-bond donors (Lipinski definition) is 1. The van der Waals surface area contributed by atoms with Gasteiger partial charge in [0.2, 0.25) is 15.9 Å². The summed E-state index contributed by atoms with van der Waals surface area (Å²) in [6.07, 6.45) is 1.26. The van der Waals surface area contributed by atoms with Crippen molar-refractivity contribution in [3.8, 4) is 0 Å². The largest absolute Gasteiger partial charge is 0.355 e. The quantitative estimate of drug-likeness (QED) is 0.891. The molecule has 5 nitrogen and oxygen atoms in total. The van der Waals surface area contributed by atoms with Crippen molar-refractivity contribution >= 4 is 15.9 Å². The van der Waals surface area contributed by atoms with Crippen LogP contribution in [0.25, 0.3) is 0 Å². The van der Waals surface area contributed by atoms with Crippen LogP contribution in [0.2, 0.25) is 0 Å². The van der Waals surface area contributed by atoms with E-state index in [1.165, 1.54) is 4.31 Å². The number of carbonyl (C=O) groups excluding carboxylic acids is 1. The van der Waals surface area contributed by atoms with Crippen LogP contribution in [0.15, 0.2) is 24.3 Å². The van der Waals surface area contributed by atoms with Gasteiger partial charge in [-0.15, -0.1) is 0 Å². The van der Waals surface area contributed by atoms with Gasteiger partial charge < -0.3 is 5.32 Å². The third kappa shape index (κ3) is 3.44. The van der Waals surface area contributed by atoms with Crippen molar-refractivity contribution in [1.82, 2.24) is 9.62 Å². The normalized spacial score (nSPS) is 19.0. The summed E-state index contributed by atoms with van der Waals surface area (Å²) >= 11 is 0. The minimum atomic E-state index is -3.41. The SMILES string of the molecule is CCCNC(=O)[C@@H]1Cc2ccccc2CN1S(=O)(=O)CC. The molecule has 1 aromatic carbocycles. The van der Waals surface area contributed by atoms with E-state index in [1.54, 1.807) is 6.92 Å². The smallest absolute Gasteiger partial charge is 0.238 e. The van der Waals surface area contributed by atoms with Crippen LogP contribution in [0.1, 0.15) is 31.4 Å². The molecule has 0 spiro atoms. The van der Waals surface area contributed by atoms with Gasteiger partial charge in [-0.05, 0) is 30.9 Å². The molecule has 0 saturated heterocycles. The van der Waals surface area contributed by atoms with E-state index in [1.807, 2.05) is 31.2 Å². The first-order valence-corrected chi connectivity index (χ1v) is 8.94. The topological polar surface area (TPSA) is 66.5 Å². The van der Waals surface area contributed by atoms with E-state index in [9.17, 15) is 13.2 Å². The highest BCUT2D eigenvalue weighted by atomic mass is 32.2. The monoisotopic (exact) mass is 310 g/mol. The van der Waals surface area contributed by atoms with Gasteiger partial charge in [0.05, 0.1) is 5.75 Å². The van der Waals surface area contributed by atoms with Crippen molar-refractivity contribution in [3.05, 3.63) is 35.4 Å². The Hall–Kier alpha value is -1.40. The Kier molecular flexibility index (Phi) is 5.00. The average molecular weight is 310 g/mol. The van der Waals surface area contributed by atoms with Gasteiger partial charge in [-0.25, -0.2) is 8.42 Å². The van der Waals surface area contributed by atoms with Gasteiger partial charge in [0.25, 0.3) is 0 Å². The zero-order chi connectivity index (χ0) is 15.5. The van der Waals surface area contributed by atoms with Gasteiger partial charge in [-0.2, -0.15) is 4.31 Å². The van der Waals surface area contributed by atoms with Crippen molar-refractivity contribution in [2.45, 2.75) is 39.3 Å². The van der Waals surface area contributed by atoms with E-state index in [2.05, 4.69) is 5.32 Å². The van der Waals surface area contributed by atoms with Crippen molar-refractivity contribution in [2.24, 2.45) is 0 Å². The van der Waals surface area contributed by atoms with E-state index in [0.717, 1.165) is 17.5 Å². The van der Waals surface area contributed by atoms with Gasteiger partial charge in [0.15, 0.2) is 0 Å². The van der Waals surface area contributed by atoms with Gasteiger partial charge in [0, 0.05) is 13.1 Å². The van der Waals surface area contributed by atoms with Gasteiger partial charge >= 0.3 is 0 Å². The highest BCUT2D eigenvalue weighted by Crippen LogP contribution is 2.26. The summed E-state index contributed by atoms with van der Waals surface area (Å²) in [4.78, 5) is 12.3. The van der Waals surface area contributed by atoms with Crippen molar-refractivity contribution in [2.75, 3.05) is 12.3 Å². The number of nitrogens with zero attached hydrogens (tertiary/aromatic N) is 1. The average Bonchev–Trinajstić information content (AvgIpc) is 2.51. The number of nitrogens with one attached hydrogen (secondary N) is 1. The van der Waals surface area contributed by atoms with Crippen LogP contribution in [0.4, 0.5) is 0 Å². The van der Waals surface area contributed by atoms with E-state index >= 15 is 0 Å². The van der Waals surface area contributed by atoms with Crippen LogP contribution in [0.3, 0.4) is 0 Å². The molecule has 1 aliphatic rings. The first kappa shape index (κ1) is 16.0. The highest BCUT2D eigenvalue weighted by Gasteiger charge is 2.37. The minimum Gasteiger partial charge on any atom is -0.355 e. The summed E-state index contributed by atoms with van der Waals surface area (Å²) in [5.41, 5.74) is 2.03. The number of hydrogen-bond acceptors (Lipinski definition) is 3. The van der Waals surface area contributed by atoms with Crippen LogP contribution in [-0.2, 0) is 27.8 Å². The molecule has 0 unspecified atom stereocenters. The molecule has 1 aromatic rings. The molecule has 1 heterocycles. The summed E-state index contributed by atoms with van der Waals surface area (Å²) < 4.78 is 25.9. The number of carbonyl (C=O) groups is 1. The molecular formula is C15H22N2O3S. The van der Waals surface area contributed by atoms with E-state index < -0.39 is 16.1 Å². The van der Waals surface area contributed by atoms with Crippen molar-refractivity contribution in [1.29, 1.82) is 0 Å². The van der Waals surface area contributed by atoms with E-state index in [0.29, 0.717) is 13.0 Å². The Labute approximate surface area is 126 Å². The summed E-state index contributed by atoms with van der Waals surface area (Å²) in [6, 6.07) is 7.06. The maximum Gasteiger partial charge on any atom is 0.238 e. The molecule has 0 aliphatic carbocycles. The Morgan fingerprint density at radius 1 is 1.29 bits per heavy atom. The Bertz CT molecular complexity index is 613. The summed E-state index contributed by atoms with van der Waals surface area (Å²) in [7, 11) is -3.41. The van der Waals surface area contributed by atoms with Crippen LogP contribution in [-0.4, -0.2) is 37.0 Å². The number of rotatable bonds is 5. The van der Waals surface area contributed by atoms with Gasteiger partial charge in [-0.1, -0.05) is 31.2 Å². The molecule has 1 amide bonds. The van der Waals surface area contributed by atoms with Crippen LogP contribution in [0, 0.1) is 0 Å². The Morgan fingerprint density at radius 3 is 2.57 bits per heavy atom. The third-order valence-corrected chi connectivity index (χ3v) is 5.61. The summed E-state index contributed by atoms with van der Waals surface area (Å²) in [6.45, 7) is 4.42. The lowest BCUT2D eigenvalue weighted by molar-refractivity contribution is -0.125. The molecule has 0 bridgehead atoms. The maximum atomic E-state index is 12.3. The minimum absolute atomic E-state index is 0.00667. The highest BCUT2D eigenvalue weighted by molar-refractivity contribution is 7.89. The fourth-order valence-corrected chi connectivity index (χ4v) is 3.77. The molecule has 1 aliphatic heterocycles. The fraction of sp³-hybridized carbons (Fsp3) is 0.533. The number of benzene rings is 1. The molecule has 6 heteroatoms. The standard InChI is InChI=1S/C15H22N2O3S/c1-3-9-16-15(18)14-10-12-7-5-6-8-13(12)11-17(14)21(19,20)4-2/h5-8,14H,3-4,9-11H2,1-2H3,(H,16,18)/t14-/m0/s1. The van der Waals surface area contributed by atoms with Crippen molar-refractivity contribution < 1.29 is 13.2 Å². The molecular weight excluding hydrogens is 288 g/mol. The third-order valence-electron chi connectivity index (χ3n) is 3.78. The molecule has 1 atom stereocenters. The second-order valence-electron chi connectivity index (χ2n) is 5.23. The van der Waals surface area contributed by atoms with E-state index in [4.69, 9.17) is 0 Å². The molecule has 116 valence electrons. The van der Waals surface area contributed by atoms with Gasteiger partial charge in [-0.3, -0.25) is 4.79 Å². The molecule has 0 aromatic heterocycles. The van der Waals surface area contributed by atoms with E-state index in [-0.39, 0.29) is 18.2 Å². The Morgan fingerprint density at radius 2 is 1.95 bits per heavy atom. The summed E-state index contributed by atoms with van der Waals surface area (Å²) in [5.74, 6) is -0.199. The molecule has 21 heavy (non-hydrogen) atoms. The fourth-order valence-electron chi connectivity index (χ4n) is 2.55. The molecule has 0 saturated carbocycles. The second kappa shape index (κ2) is 6.58. The molecule has 0 fully saturated rings. The van der Waals surface area contributed by atoms with Crippen LogP contribution < -0.4 is 5.32 Å². The predicted molar refractivity (Wildman–Crippen MR) is 82.2 cm³/mol. The zero-order valence-corrected chi connectivity index (χ0v) is 13.3. The lowest BCUT2D eigenvalue weighted by atomic mass is 9.95. The number of sulfonamides is 1. The van der Waals surface area contributed by atoms with Crippen LogP contribution in [0.5, 0.6) is 0 Å². The lowest BCUT2D eigenvalue weighted by Gasteiger charge is -2.34. The first-order chi connectivity index (χ1) is 9.99. The van der Waals surface area contributed by atoms with Gasteiger partial charge in [0.1, 0.15) is 6.04 Å². The predicted octanol–water partition coefficient (Wildman–Crippen LogP) is 1.29. The van der Waals surface area contributed by atoms with Crippen molar-refractivity contribution in [3.63, 3.8) is 0 Å². The lowest BCUT2D eigenvalue weighted by Crippen LogP contribution is -2.52. The molecule has 0 radical (unpaired) electrons. The summed E-state index contributed by atoms with van der Waals surface area (Å²) in [5, 5.41) is 2.81. The maximum absolute atomic E-state index is 12.3. The molecule has 2 rings (SSSR count).